The molecule has 2 N–H and O–H groups in total. The Morgan fingerprint density at radius 1 is 1.22 bits per heavy atom. The van der Waals surface area contributed by atoms with E-state index >= 15 is 0 Å². The fourth-order valence-corrected chi connectivity index (χ4v) is 4.23. The summed E-state index contributed by atoms with van der Waals surface area (Å²) in [7, 11) is 1.63. The number of carbonyl (C=O) groups excluding carboxylic acids is 1. The highest BCUT2D eigenvalue weighted by Crippen LogP contribution is 2.28. The molecule has 0 saturated carbocycles. The van der Waals surface area contributed by atoms with E-state index in [0.29, 0.717) is 27.7 Å². The van der Waals surface area contributed by atoms with E-state index in [9.17, 15) is 9.59 Å². The molecule has 0 aromatic carbocycles. The van der Waals surface area contributed by atoms with Gasteiger partial charge in [0.2, 0.25) is 0 Å². The van der Waals surface area contributed by atoms with E-state index in [4.69, 9.17) is 0 Å². The van der Waals surface area contributed by atoms with Gasteiger partial charge in [-0.3, -0.25) is 14.5 Å². The first-order chi connectivity index (χ1) is 12.9. The zero-order chi connectivity index (χ0) is 19.6. The van der Waals surface area contributed by atoms with Crippen molar-refractivity contribution in [3.63, 3.8) is 0 Å². The van der Waals surface area contributed by atoms with Gasteiger partial charge >= 0.3 is 0 Å². The van der Waals surface area contributed by atoms with Crippen molar-refractivity contribution in [3.8, 4) is 10.6 Å². The molecule has 0 aliphatic carbocycles. The summed E-state index contributed by atoms with van der Waals surface area (Å²) in [6.45, 7) is 11.0. The van der Waals surface area contributed by atoms with Crippen LogP contribution in [-0.4, -0.2) is 64.8 Å². The van der Waals surface area contributed by atoms with Crippen LogP contribution in [-0.2, 0) is 7.05 Å². The van der Waals surface area contributed by atoms with Crippen LogP contribution in [0.1, 0.15) is 26.6 Å². The first kappa shape index (κ1) is 19.7. The van der Waals surface area contributed by atoms with Crippen molar-refractivity contribution in [2.75, 3.05) is 39.3 Å². The van der Waals surface area contributed by atoms with E-state index in [-0.39, 0.29) is 11.5 Å². The maximum Gasteiger partial charge on any atom is 0.277 e. The van der Waals surface area contributed by atoms with Crippen LogP contribution in [0, 0.1) is 20.8 Å². The third-order valence-electron chi connectivity index (χ3n) is 4.87. The molecule has 1 aliphatic heterocycles. The average Bonchev–Trinajstić information content (AvgIpc) is 3.02. The number of amides is 1. The second kappa shape index (κ2) is 8.28. The maximum atomic E-state index is 12.6. The average molecular weight is 391 g/mol. The van der Waals surface area contributed by atoms with Gasteiger partial charge in [-0.1, -0.05) is 0 Å². The highest BCUT2D eigenvalue weighted by atomic mass is 32.1. The Kier molecular flexibility index (Phi) is 6.03. The van der Waals surface area contributed by atoms with E-state index in [1.54, 1.807) is 14.0 Å². The number of hydrogen-bond acceptors (Lipinski definition) is 7. The molecule has 8 nitrogen and oxygen atoms in total. The van der Waals surface area contributed by atoms with Crippen LogP contribution >= 0.6 is 11.3 Å². The van der Waals surface area contributed by atoms with Gasteiger partial charge in [-0.05, 0) is 26.3 Å². The Hall–Kier alpha value is -2.10. The third kappa shape index (κ3) is 4.26. The molecule has 0 radical (unpaired) electrons. The first-order valence-electron chi connectivity index (χ1n) is 9.12. The molecule has 1 saturated heterocycles. The van der Waals surface area contributed by atoms with Crippen LogP contribution in [0.25, 0.3) is 10.6 Å². The topological polar surface area (TPSA) is 92.1 Å². The van der Waals surface area contributed by atoms with Crippen LogP contribution in [0.3, 0.4) is 0 Å². The Morgan fingerprint density at radius 3 is 2.63 bits per heavy atom. The van der Waals surface area contributed by atoms with E-state index < -0.39 is 0 Å². The number of aromatic nitrogens is 3. The Balaban J connectivity index is 1.75. The highest BCUT2D eigenvalue weighted by molar-refractivity contribution is 7.17. The molecule has 0 bridgehead atoms. The predicted octanol–water partition coefficient (Wildman–Crippen LogP) is 0.464. The molecular formula is C18H26N6O2S. The molecular weight excluding hydrogens is 364 g/mol. The smallest absolute Gasteiger partial charge is 0.277 e. The molecule has 3 heterocycles. The van der Waals surface area contributed by atoms with E-state index in [2.05, 4.69) is 25.6 Å². The second-order valence-corrected chi connectivity index (χ2v) is 7.79. The van der Waals surface area contributed by atoms with Gasteiger partial charge in [0.15, 0.2) is 0 Å². The van der Waals surface area contributed by atoms with Crippen LogP contribution in [0.2, 0.25) is 0 Å². The van der Waals surface area contributed by atoms with Gasteiger partial charge in [-0.25, -0.2) is 9.67 Å². The van der Waals surface area contributed by atoms with Gasteiger partial charge in [-0.2, -0.15) is 5.10 Å². The molecule has 27 heavy (non-hydrogen) atoms. The summed E-state index contributed by atoms with van der Waals surface area (Å²) >= 11 is 1.26. The molecule has 3 rings (SSSR count). The molecule has 1 amide bonds. The normalized spacial score (nSPS) is 15.1. The summed E-state index contributed by atoms with van der Waals surface area (Å²) < 4.78 is 1.32. The fourth-order valence-electron chi connectivity index (χ4n) is 3.16. The summed E-state index contributed by atoms with van der Waals surface area (Å²) in [6.07, 6.45) is 0. The molecule has 146 valence electrons. The van der Waals surface area contributed by atoms with Gasteiger partial charge in [0.1, 0.15) is 9.88 Å². The third-order valence-corrected chi connectivity index (χ3v) is 6.04. The van der Waals surface area contributed by atoms with Crippen molar-refractivity contribution in [2.24, 2.45) is 7.05 Å². The Labute approximate surface area is 162 Å². The van der Waals surface area contributed by atoms with Crippen molar-refractivity contribution >= 4 is 17.2 Å². The van der Waals surface area contributed by atoms with E-state index in [1.165, 1.54) is 16.0 Å². The molecule has 0 spiro atoms. The number of thiazole rings is 1. The van der Waals surface area contributed by atoms with Crippen molar-refractivity contribution in [3.05, 3.63) is 32.2 Å². The number of hydrogen-bond donors (Lipinski definition) is 2. The molecule has 2 aromatic rings. The largest absolute Gasteiger partial charge is 0.350 e. The minimum absolute atomic E-state index is 0.133. The highest BCUT2D eigenvalue weighted by Gasteiger charge is 2.21. The maximum absolute atomic E-state index is 12.6. The van der Waals surface area contributed by atoms with Crippen LogP contribution in [0.15, 0.2) is 4.79 Å². The van der Waals surface area contributed by atoms with Crippen molar-refractivity contribution in [1.29, 1.82) is 0 Å². The number of nitrogens with zero attached hydrogens (tertiary/aromatic N) is 4. The van der Waals surface area contributed by atoms with Crippen molar-refractivity contribution in [1.82, 2.24) is 30.3 Å². The van der Waals surface area contributed by atoms with Crippen LogP contribution < -0.4 is 16.2 Å². The quantitative estimate of drug-likeness (QED) is 0.771. The minimum atomic E-state index is -0.197. The van der Waals surface area contributed by atoms with Crippen LogP contribution in [0.4, 0.5) is 0 Å². The minimum Gasteiger partial charge on any atom is -0.350 e. The van der Waals surface area contributed by atoms with E-state index in [0.717, 1.165) is 44.0 Å². The fraction of sp³-hybridized carbons (Fsp3) is 0.556. The van der Waals surface area contributed by atoms with Gasteiger partial charge < -0.3 is 10.6 Å². The molecule has 2 aromatic heterocycles. The summed E-state index contributed by atoms with van der Waals surface area (Å²) in [5.74, 6) is -0.133. The van der Waals surface area contributed by atoms with Crippen molar-refractivity contribution < 1.29 is 4.79 Å². The summed E-state index contributed by atoms with van der Waals surface area (Å²) in [6, 6.07) is 0. The summed E-state index contributed by atoms with van der Waals surface area (Å²) in [5.41, 5.74) is 2.56. The molecule has 9 heteroatoms. The zero-order valence-electron chi connectivity index (χ0n) is 16.3. The lowest BCUT2D eigenvalue weighted by atomic mass is 10.1. The number of piperazine rings is 1. The molecule has 0 unspecified atom stereocenters. The SMILES string of the molecule is Cc1nc(-c2c(C)c(C)nn(C)c2=O)sc1C(=O)NCCN1CCNCC1. The lowest BCUT2D eigenvalue weighted by Gasteiger charge is -2.27. The van der Waals surface area contributed by atoms with Gasteiger partial charge in [-0.15, -0.1) is 11.3 Å². The Morgan fingerprint density at radius 2 is 1.93 bits per heavy atom. The second-order valence-electron chi connectivity index (χ2n) is 6.80. The lowest BCUT2D eigenvalue weighted by molar-refractivity contribution is 0.0950. The molecule has 1 fully saturated rings. The van der Waals surface area contributed by atoms with Gasteiger partial charge in [0.25, 0.3) is 11.5 Å². The molecule has 1 aliphatic rings. The first-order valence-corrected chi connectivity index (χ1v) is 9.93. The number of aryl methyl sites for hydroxylation is 3. The van der Waals surface area contributed by atoms with Crippen molar-refractivity contribution in [2.45, 2.75) is 20.8 Å². The number of carbonyl (C=O) groups is 1. The summed E-state index contributed by atoms with van der Waals surface area (Å²) in [5, 5.41) is 11.1. The standard InChI is InChI=1S/C18H26N6O2S/c1-11-12(2)22-23(4)18(26)14(11)17-21-13(3)15(27-17)16(25)20-7-10-24-8-5-19-6-9-24/h19H,5-10H2,1-4H3,(H,20,25). The lowest BCUT2D eigenvalue weighted by Crippen LogP contribution is -2.46. The van der Waals surface area contributed by atoms with Gasteiger partial charge in [0, 0.05) is 46.3 Å². The zero-order valence-corrected chi connectivity index (χ0v) is 17.1. The summed E-state index contributed by atoms with van der Waals surface area (Å²) in [4.78, 5) is 32.5. The molecule has 0 atom stereocenters. The monoisotopic (exact) mass is 390 g/mol. The van der Waals surface area contributed by atoms with E-state index in [1.807, 2.05) is 13.8 Å². The Bertz CT molecular complexity index is 898. The number of rotatable bonds is 5. The number of nitrogens with one attached hydrogen (secondary N) is 2. The van der Waals surface area contributed by atoms with Crippen LogP contribution in [0.5, 0.6) is 0 Å². The van der Waals surface area contributed by atoms with Gasteiger partial charge in [0.05, 0.1) is 17.0 Å². The predicted molar refractivity (Wildman–Crippen MR) is 106 cm³/mol.